The number of aromatic nitrogens is 1. The van der Waals surface area contributed by atoms with E-state index in [4.69, 9.17) is 18.9 Å². The summed E-state index contributed by atoms with van der Waals surface area (Å²) in [4.78, 5) is 0. The second-order valence-corrected chi connectivity index (χ2v) is 8.89. The van der Waals surface area contributed by atoms with Gasteiger partial charge in [0.1, 0.15) is 6.61 Å². The lowest BCUT2D eigenvalue weighted by Gasteiger charge is -2.22. The van der Waals surface area contributed by atoms with Crippen LogP contribution in [-0.4, -0.2) is 21.3 Å². The number of fused-ring (bicyclic) bond motifs is 4. The summed E-state index contributed by atoms with van der Waals surface area (Å²) in [7, 11) is 5.07. The molecule has 5 rings (SSSR count). The number of methoxy groups -OCH3 is 3. The average molecular weight is 597 g/mol. The van der Waals surface area contributed by atoms with E-state index in [1.807, 2.05) is 12.1 Å². The van der Waals surface area contributed by atoms with Gasteiger partial charge in [-0.25, -0.2) is 0 Å². The van der Waals surface area contributed by atoms with Crippen molar-refractivity contribution in [2.45, 2.75) is 39.8 Å². The Kier molecular flexibility index (Phi) is 7.93. The second-order valence-electron chi connectivity index (χ2n) is 8.89. The maximum absolute atomic E-state index is 6.46. The van der Waals surface area contributed by atoms with Crippen LogP contribution in [0.1, 0.15) is 29.2 Å². The molecule has 4 aromatic rings. The van der Waals surface area contributed by atoms with Crippen molar-refractivity contribution < 1.29 is 47.5 Å². The van der Waals surface area contributed by atoms with Gasteiger partial charge < -0.3 is 42.9 Å². The van der Waals surface area contributed by atoms with E-state index in [1.165, 1.54) is 38.9 Å². The molecule has 1 aliphatic rings. The van der Waals surface area contributed by atoms with Crippen LogP contribution in [0, 0.1) is 6.92 Å². The molecule has 0 N–H and O–H groups in total. The number of benzene rings is 3. The monoisotopic (exact) mass is 597 g/mol. The Morgan fingerprint density at radius 2 is 1.58 bits per heavy atom. The smallest absolute Gasteiger partial charge is 0.216 e. The summed E-state index contributed by atoms with van der Waals surface area (Å²) in [5.74, 6) is 3.06. The van der Waals surface area contributed by atoms with Crippen molar-refractivity contribution >= 4 is 10.8 Å². The number of ether oxygens (including phenoxy) is 4. The van der Waals surface area contributed by atoms with Gasteiger partial charge in [0, 0.05) is 17.4 Å². The standard InChI is InChI=1S/C30H32NO4.HI/c1-6-22-23-11-12-26(32-3)30(35-18-21-10-8-7-9-19(21)2)25(23)17-31-14-13-20-15-27(33-4)28(34-5)16-24(20)29(22)31;/h7-12,15-17H,6,13-14,18H2,1-5H3;1H/q+1;/p-1. The number of halogens is 1. The van der Waals surface area contributed by atoms with Crippen LogP contribution in [0.3, 0.4) is 0 Å². The fourth-order valence-electron chi connectivity index (χ4n) is 5.16. The molecule has 0 saturated carbocycles. The summed E-state index contributed by atoms with van der Waals surface area (Å²) in [6.07, 6.45) is 4.04. The van der Waals surface area contributed by atoms with Gasteiger partial charge in [0.05, 0.1) is 32.3 Å². The van der Waals surface area contributed by atoms with Crippen molar-refractivity contribution in [3.8, 4) is 34.3 Å². The van der Waals surface area contributed by atoms with E-state index in [0.717, 1.165) is 47.8 Å². The first-order valence-electron chi connectivity index (χ1n) is 12.1. The Hall–Kier alpha value is -3.00. The first kappa shape index (κ1) is 26.1. The van der Waals surface area contributed by atoms with Gasteiger partial charge in [-0.1, -0.05) is 31.2 Å². The predicted molar refractivity (Wildman–Crippen MR) is 138 cm³/mol. The topological polar surface area (TPSA) is 40.8 Å². The van der Waals surface area contributed by atoms with Gasteiger partial charge in [0.2, 0.25) is 5.69 Å². The van der Waals surface area contributed by atoms with Gasteiger partial charge in [-0.3, -0.25) is 0 Å². The molecule has 0 amide bonds. The number of hydrogen-bond acceptors (Lipinski definition) is 4. The number of rotatable bonds is 7. The van der Waals surface area contributed by atoms with Gasteiger partial charge in [0.25, 0.3) is 0 Å². The summed E-state index contributed by atoms with van der Waals surface area (Å²) in [6, 6.07) is 16.7. The summed E-state index contributed by atoms with van der Waals surface area (Å²) in [5.41, 5.74) is 7.39. The summed E-state index contributed by atoms with van der Waals surface area (Å²) in [5, 5.41) is 2.25. The quantitative estimate of drug-likeness (QED) is 0.243. The Morgan fingerprint density at radius 1 is 0.861 bits per heavy atom. The fraction of sp³-hybridized carbons (Fsp3) is 0.300. The van der Waals surface area contributed by atoms with E-state index in [2.05, 4.69) is 61.0 Å². The Bertz CT molecular complexity index is 1420. The van der Waals surface area contributed by atoms with E-state index in [0.29, 0.717) is 6.61 Å². The molecule has 0 unspecified atom stereocenters. The van der Waals surface area contributed by atoms with Gasteiger partial charge in [-0.05, 0) is 54.3 Å². The lowest BCUT2D eigenvalue weighted by Crippen LogP contribution is -3.00. The Labute approximate surface area is 230 Å². The van der Waals surface area contributed by atoms with Crippen LogP contribution in [0.4, 0.5) is 0 Å². The molecule has 5 nitrogen and oxygen atoms in total. The van der Waals surface area contributed by atoms with E-state index < -0.39 is 0 Å². The van der Waals surface area contributed by atoms with Crippen LogP contribution in [-0.2, 0) is 26.0 Å². The first-order valence-corrected chi connectivity index (χ1v) is 12.1. The highest BCUT2D eigenvalue weighted by atomic mass is 127. The normalized spacial score (nSPS) is 11.8. The molecule has 36 heavy (non-hydrogen) atoms. The molecule has 0 aliphatic carbocycles. The van der Waals surface area contributed by atoms with Crippen LogP contribution in [0.5, 0.6) is 23.0 Å². The van der Waals surface area contributed by atoms with Gasteiger partial charge in [0.15, 0.2) is 35.7 Å². The molecule has 0 saturated heterocycles. The number of aryl methyl sites for hydroxylation is 4. The average Bonchev–Trinajstić information content (AvgIpc) is 2.90. The van der Waals surface area contributed by atoms with Crippen LogP contribution < -0.4 is 47.5 Å². The van der Waals surface area contributed by atoms with E-state index in [9.17, 15) is 0 Å². The van der Waals surface area contributed by atoms with E-state index in [-0.39, 0.29) is 24.0 Å². The Balaban J connectivity index is 0.00000304. The largest absolute Gasteiger partial charge is 1.00 e. The molecular formula is C30H32INO4. The third kappa shape index (κ3) is 4.47. The third-order valence-corrected chi connectivity index (χ3v) is 7.04. The highest BCUT2D eigenvalue weighted by molar-refractivity contribution is 5.95. The van der Waals surface area contributed by atoms with Crippen LogP contribution in [0.25, 0.3) is 22.0 Å². The van der Waals surface area contributed by atoms with Crippen molar-refractivity contribution in [1.82, 2.24) is 0 Å². The maximum atomic E-state index is 6.46. The summed E-state index contributed by atoms with van der Waals surface area (Å²) in [6.45, 7) is 5.70. The van der Waals surface area contributed by atoms with Crippen molar-refractivity contribution in [2.75, 3.05) is 21.3 Å². The maximum Gasteiger partial charge on any atom is 0.216 e. The highest BCUT2D eigenvalue weighted by Crippen LogP contribution is 2.42. The molecular weight excluding hydrogens is 565 g/mol. The van der Waals surface area contributed by atoms with Crippen LogP contribution in [0.15, 0.2) is 54.7 Å². The molecule has 0 radical (unpaired) electrons. The third-order valence-electron chi connectivity index (χ3n) is 7.04. The molecule has 0 fully saturated rings. The number of nitrogens with zero attached hydrogens (tertiary/aromatic N) is 1. The number of pyridine rings is 1. The van der Waals surface area contributed by atoms with Crippen molar-refractivity contribution in [3.05, 3.63) is 77.0 Å². The van der Waals surface area contributed by atoms with E-state index >= 15 is 0 Å². The molecule has 0 atom stereocenters. The molecule has 3 aromatic carbocycles. The molecule has 1 aromatic heterocycles. The van der Waals surface area contributed by atoms with Crippen molar-refractivity contribution in [2.24, 2.45) is 0 Å². The molecule has 0 spiro atoms. The minimum absolute atomic E-state index is 0. The zero-order chi connectivity index (χ0) is 24.5. The lowest BCUT2D eigenvalue weighted by molar-refractivity contribution is -0.686. The predicted octanol–water partition coefficient (Wildman–Crippen LogP) is 2.83. The lowest BCUT2D eigenvalue weighted by atomic mass is 9.90. The molecule has 1 aliphatic heterocycles. The summed E-state index contributed by atoms with van der Waals surface area (Å²) < 4.78 is 25.8. The zero-order valence-corrected chi connectivity index (χ0v) is 23.6. The van der Waals surface area contributed by atoms with Gasteiger partial charge in [-0.2, -0.15) is 4.57 Å². The fourth-order valence-corrected chi connectivity index (χ4v) is 5.16. The first-order chi connectivity index (χ1) is 17.1. The van der Waals surface area contributed by atoms with Crippen molar-refractivity contribution in [3.63, 3.8) is 0 Å². The zero-order valence-electron chi connectivity index (χ0n) is 21.5. The molecule has 188 valence electrons. The molecule has 2 heterocycles. The second kappa shape index (κ2) is 10.9. The highest BCUT2D eigenvalue weighted by Gasteiger charge is 2.31. The van der Waals surface area contributed by atoms with Gasteiger partial charge >= 0.3 is 0 Å². The minimum Gasteiger partial charge on any atom is -1.00 e. The van der Waals surface area contributed by atoms with Gasteiger partial charge in [-0.15, -0.1) is 0 Å². The van der Waals surface area contributed by atoms with Crippen LogP contribution in [0.2, 0.25) is 0 Å². The Morgan fingerprint density at radius 3 is 2.28 bits per heavy atom. The minimum atomic E-state index is 0. The SMILES string of the molecule is CCc1c2[n+](cc3c(OCc4ccccc4C)c(OC)ccc13)CCc1cc(OC)c(OC)cc1-2.[I-]. The molecule has 6 heteroatoms. The van der Waals surface area contributed by atoms with Crippen molar-refractivity contribution in [1.29, 1.82) is 0 Å². The summed E-state index contributed by atoms with van der Waals surface area (Å²) >= 11 is 0. The van der Waals surface area contributed by atoms with Crippen LogP contribution >= 0.6 is 0 Å². The van der Waals surface area contributed by atoms with E-state index in [1.54, 1.807) is 21.3 Å². The molecule has 0 bridgehead atoms. The number of hydrogen-bond donors (Lipinski definition) is 0.